The van der Waals surface area contributed by atoms with Crippen LogP contribution >= 0.6 is 45.8 Å². The Balaban J connectivity index is 2.41. The zero-order chi connectivity index (χ0) is 14.0. The first-order valence-electron chi connectivity index (χ1n) is 5.49. The van der Waals surface area contributed by atoms with E-state index in [9.17, 15) is 5.11 Å². The Hall–Kier alpha value is -0.490. The van der Waals surface area contributed by atoms with E-state index in [1.165, 1.54) is 0 Å². The topological polar surface area (TPSA) is 29.5 Å². The summed E-state index contributed by atoms with van der Waals surface area (Å²) in [5.41, 5.74) is 1.46. The summed E-state index contributed by atoms with van der Waals surface area (Å²) in [7, 11) is 1.55. The van der Waals surface area contributed by atoms with Crippen molar-refractivity contribution >= 4 is 45.8 Å². The third-order valence-corrected chi connectivity index (χ3v) is 4.26. The minimum absolute atomic E-state index is 0.469. The largest absolute Gasteiger partial charge is 0.495 e. The van der Waals surface area contributed by atoms with Gasteiger partial charge in [0.05, 0.1) is 12.1 Å². The second-order valence-electron chi connectivity index (χ2n) is 3.96. The minimum atomic E-state index is -0.769. The average molecular weight is 409 g/mol. The number of hydrogen-bond donors (Lipinski definition) is 1. The van der Waals surface area contributed by atoms with Gasteiger partial charge in [-0.15, -0.1) is 0 Å². The van der Waals surface area contributed by atoms with Crippen LogP contribution in [0.15, 0.2) is 36.4 Å². The zero-order valence-corrected chi connectivity index (χ0v) is 13.7. The molecule has 0 radical (unpaired) electrons. The molecule has 2 aromatic rings. The summed E-state index contributed by atoms with van der Waals surface area (Å²) in [5, 5.41) is 11.5. The molecule has 0 saturated heterocycles. The van der Waals surface area contributed by atoms with Gasteiger partial charge in [0.25, 0.3) is 0 Å². The van der Waals surface area contributed by atoms with Crippen molar-refractivity contribution in [2.75, 3.05) is 7.11 Å². The fourth-order valence-corrected chi connectivity index (χ4v) is 2.83. The van der Waals surface area contributed by atoms with Gasteiger partial charge in [0.2, 0.25) is 0 Å². The number of ether oxygens (including phenoxy) is 1. The number of halogens is 3. The molecule has 1 unspecified atom stereocenters. The van der Waals surface area contributed by atoms with Crippen molar-refractivity contribution in [3.05, 3.63) is 61.1 Å². The van der Waals surface area contributed by atoms with E-state index in [0.717, 1.165) is 9.13 Å². The lowest BCUT2D eigenvalue weighted by Crippen LogP contribution is -2.02. The first-order chi connectivity index (χ1) is 9.02. The summed E-state index contributed by atoms with van der Waals surface area (Å²) in [5.74, 6) is 0.582. The Labute approximate surface area is 135 Å². The van der Waals surface area contributed by atoms with Crippen molar-refractivity contribution in [2.45, 2.75) is 6.10 Å². The minimum Gasteiger partial charge on any atom is -0.495 e. The summed E-state index contributed by atoms with van der Waals surface area (Å²) >= 11 is 14.2. The molecule has 5 heteroatoms. The molecule has 0 heterocycles. The molecule has 100 valence electrons. The van der Waals surface area contributed by atoms with Crippen LogP contribution in [0.3, 0.4) is 0 Å². The Morgan fingerprint density at radius 3 is 2.53 bits per heavy atom. The van der Waals surface area contributed by atoms with Gasteiger partial charge in [0.15, 0.2) is 0 Å². The van der Waals surface area contributed by atoms with Crippen LogP contribution in [0.5, 0.6) is 5.75 Å². The summed E-state index contributed by atoms with van der Waals surface area (Å²) in [6, 6.07) is 10.6. The summed E-state index contributed by atoms with van der Waals surface area (Å²) in [6.45, 7) is 0. The molecule has 19 heavy (non-hydrogen) atoms. The van der Waals surface area contributed by atoms with Crippen LogP contribution in [0.25, 0.3) is 0 Å². The number of aliphatic hydroxyl groups excluding tert-OH is 1. The van der Waals surface area contributed by atoms with E-state index in [0.29, 0.717) is 21.4 Å². The van der Waals surface area contributed by atoms with Crippen LogP contribution < -0.4 is 4.74 Å². The van der Waals surface area contributed by atoms with Crippen molar-refractivity contribution in [2.24, 2.45) is 0 Å². The molecule has 0 aliphatic rings. The third-order valence-electron chi connectivity index (χ3n) is 2.74. The monoisotopic (exact) mass is 408 g/mol. The molecule has 0 aliphatic heterocycles. The van der Waals surface area contributed by atoms with Gasteiger partial charge in [-0.2, -0.15) is 0 Å². The van der Waals surface area contributed by atoms with Crippen molar-refractivity contribution in [1.29, 1.82) is 0 Å². The van der Waals surface area contributed by atoms with E-state index in [4.69, 9.17) is 27.9 Å². The molecule has 0 amide bonds. The van der Waals surface area contributed by atoms with Crippen molar-refractivity contribution in [3.8, 4) is 5.75 Å². The standard InChI is InChI=1S/C14H11Cl2IO2/c1-19-13-5-2-8(6-11(13)16)14(18)10-7-9(15)3-4-12(10)17/h2-7,14,18H,1H3. The third kappa shape index (κ3) is 3.34. The average Bonchev–Trinajstić information content (AvgIpc) is 2.40. The summed E-state index contributed by atoms with van der Waals surface area (Å²) in [6.07, 6.45) is -0.769. The second-order valence-corrected chi connectivity index (χ2v) is 5.97. The highest BCUT2D eigenvalue weighted by molar-refractivity contribution is 14.1. The number of hydrogen-bond acceptors (Lipinski definition) is 2. The fraction of sp³-hybridized carbons (Fsp3) is 0.143. The Morgan fingerprint density at radius 1 is 1.16 bits per heavy atom. The highest BCUT2D eigenvalue weighted by Gasteiger charge is 2.15. The van der Waals surface area contributed by atoms with Gasteiger partial charge in [-0.1, -0.05) is 29.3 Å². The lowest BCUT2D eigenvalue weighted by Gasteiger charge is -2.15. The zero-order valence-electron chi connectivity index (χ0n) is 10.0. The molecule has 2 rings (SSSR count). The molecule has 0 saturated carbocycles. The molecule has 0 aromatic heterocycles. The van der Waals surface area contributed by atoms with Gasteiger partial charge in [-0.05, 0) is 64.0 Å². The van der Waals surface area contributed by atoms with E-state index in [1.807, 2.05) is 6.07 Å². The van der Waals surface area contributed by atoms with Crippen molar-refractivity contribution in [3.63, 3.8) is 0 Å². The van der Waals surface area contributed by atoms with E-state index in [2.05, 4.69) is 22.6 Å². The van der Waals surface area contributed by atoms with E-state index in [1.54, 1.807) is 37.4 Å². The second kappa shape index (κ2) is 6.31. The lowest BCUT2D eigenvalue weighted by molar-refractivity contribution is 0.219. The van der Waals surface area contributed by atoms with Crippen LogP contribution in [0.1, 0.15) is 17.2 Å². The first kappa shape index (κ1) is 14.9. The van der Waals surface area contributed by atoms with Crippen molar-refractivity contribution < 1.29 is 9.84 Å². The quantitative estimate of drug-likeness (QED) is 0.746. The summed E-state index contributed by atoms with van der Waals surface area (Å²) < 4.78 is 6.04. The van der Waals surface area contributed by atoms with Crippen LogP contribution in [-0.2, 0) is 0 Å². The van der Waals surface area contributed by atoms with Crippen molar-refractivity contribution in [1.82, 2.24) is 0 Å². The van der Waals surface area contributed by atoms with Crippen LogP contribution in [0.4, 0.5) is 0 Å². The maximum Gasteiger partial charge on any atom is 0.137 e. The van der Waals surface area contributed by atoms with Crippen LogP contribution in [0.2, 0.25) is 10.0 Å². The molecule has 0 fully saturated rings. The molecule has 0 aliphatic carbocycles. The smallest absolute Gasteiger partial charge is 0.137 e. The molecule has 2 aromatic carbocycles. The normalized spacial score (nSPS) is 12.3. The predicted molar refractivity (Wildman–Crippen MR) is 86.2 cm³/mol. The molecular formula is C14H11Cl2IO2. The van der Waals surface area contributed by atoms with Gasteiger partial charge in [-0.3, -0.25) is 0 Å². The Morgan fingerprint density at radius 2 is 1.89 bits per heavy atom. The van der Waals surface area contributed by atoms with E-state index < -0.39 is 6.10 Å². The molecule has 1 atom stereocenters. The Kier molecular flexibility index (Phi) is 4.95. The highest BCUT2D eigenvalue weighted by atomic mass is 127. The van der Waals surface area contributed by atoms with Crippen LogP contribution in [-0.4, -0.2) is 12.2 Å². The van der Waals surface area contributed by atoms with Gasteiger partial charge < -0.3 is 9.84 Å². The van der Waals surface area contributed by atoms with Gasteiger partial charge in [0.1, 0.15) is 11.9 Å². The number of aliphatic hydroxyl groups is 1. The first-order valence-corrected chi connectivity index (χ1v) is 7.33. The van der Waals surface area contributed by atoms with E-state index >= 15 is 0 Å². The SMILES string of the molecule is COc1ccc(C(O)c2cc(Cl)ccc2I)cc1Cl. The maximum atomic E-state index is 10.4. The van der Waals surface area contributed by atoms with E-state index in [-0.39, 0.29) is 0 Å². The van der Waals surface area contributed by atoms with Crippen LogP contribution in [0, 0.1) is 3.57 Å². The number of rotatable bonds is 3. The predicted octanol–water partition coefficient (Wildman–Crippen LogP) is 4.69. The number of methoxy groups -OCH3 is 1. The molecule has 0 spiro atoms. The lowest BCUT2D eigenvalue weighted by atomic mass is 10.0. The highest BCUT2D eigenvalue weighted by Crippen LogP contribution is 2.32. The molecular weight excluding hydrogens is 398 g/mol. The number of benzene rings is 2. The van der Waals surface area contributed by atoms with Gasteiger partial charge in [0, 0.05) is 8.59 Å². The summed E-state index contributed by atoms with van der Waals surface area (Å²) in [4.78, 5) is 0. The Bertz CT molecular complexity index is 602. The maximum absolute atomic E-state index is 10.4. The van der Waals surface area contributed by atoms with Gasteiger partial charge in [-0.25, -0.2) is 0 Å². The molecule has 1 N–H and O–H groups in total. The van der Waals surface area contributed by atoms with Gasteiger partial charge >= 0.3 is 0 Å². The fourth-order valence-electron chi connectivity index (χ4n) is 1.76. The molecule has 0 bridgehead atoms. The molecule has 2 nitrogen and oxygen atoms in total.